The van der Waals surface area contributed by atoms with Crippen molar-refractivity contribution < 1.29 is 4.92 Å². The third-order valence-electron chi connectivity index (χ3n) is 4.44. The Kier molecular flexibility index (Phi) is 4.71. The quantitative estimate of drug-likeness (QED) is 0.678. The summed E-state index contributed by atoms with van der Waals surface area (Å²) in [5.74, 6) is 0. The number of nitro benzene ring substituents is 1. The number of nitrogens with zero attached hydrogens (tertiary/aromatic N) is 3. The number of non-ortho nitro benzene ring substituents is 1. The molecule has 1 fully saturated rings. The second-order valence-corrected chi connectivity index (χ2v) is 6.20. The first kappa shape index (κ1) is 15.7. The minimum Gasteiger partial charge on any atom is -0.310 e. The summed E-state index contributed by atoms with van der Waals surface area (Å²) in [6.07, 6.45) is 8.46. The number of benzene rings is 1. The van der Waals surface area contributed by atoms with Crippen molar-refractivity contribution in [3.63, 3.8) is 0 Å². The molecule has 3 rings (SSSR count). The SMILES string of the molecule is Cn1cc(CNC2CCCCC2)c(-c2ccc([N+](=O)[O-])cc2)n1. The molecule has 122 valence electrons. The number of aryl methyl sites for hydroxylation is 1. The minimum atomic E-state index is -0.381. The smallest absolute Gasteiger partial charge is 0.269 e. The van der Waals surface area contributed by atoms with Crippen molar-refractivity contribution >= 4 is 5.69 Å². The van der Waals surface area contributed by atoms with Gasteiger partial charge in [0.25, 0.3) is 5.69 Å². The Balaban J connectivity index is 1.75. The molecule has 0 unspecified atom stereocenters. The van der Waals surface area contributed by atoms with Gasteiger partial charge in [-0.25, -0.2) is 0 Å². The Morgan fingerprint density at radius 2 is 1.96 bits per heavy atom. The molecule has 0 saturated heterocycles. The Morgan fingerprint density at radius 3 is 2.61 bits per heavy atom. The van der Waals surface area contributed by atoms with Crippen molar-refractivity contribution in [3.8, 4) is 11.3 Å². The predicted octanol–water partition coefficient (Wildman–Crippen LogP) is 3.42. The second-order valence-electron chi connectivity index (χ2n) is 6.20. The highest BCUT2D eigenvalue weighted by molar-refractivity contribution is 5.64. The Morgan fingerprint density at radius 1 is 1.26 bits per heavy atom. The first-order valence-corrected chi connectivity index (χ1v) is 8.14. The highest BCUT2D eigenvalue weighted by Crippen LogP contribution is 2.25. The maximum Gasteiger partial charge on any atom is 0.269 e. The molecule has 6 nitrogen and oxygen atoms in total. The first-order chi connectivity index (χ1) is 11.1. The van der Waals surface area contributed by atoms with Crippen LogP contribution >= 0.6 is 0 Å². The predicted molar refractivity (Wildman–Crippen MR) is 89.0 cm³/mol. The number of nitrogens with one attached hydrogen (secondary N) is 1. The van der Waals surface area contributed by atoms with Crippen LogP contribution in [0.2, 0.25) is 0 Å². The van der Waals surface area contributed by atoms with Crippen LogP contribution in [0.1, 0.15) is 37.7 Å². The third kappa shape index (κ3) is 3.76. The van der Waals surface area contributed by atoms with E-state index in [1.165, 1.54) is 44.2 Å². The van der Waals surface area contributed by atoms with Crippen LogP contribution in [-0.2, 0) is 13.6 Å². The molecule has 23 heavy (non-hydrogen) atoms. The van der Waals surface area contributed by atoms with Gasteiger partial charge in [0.05, 0.1) is 10.6 Å². The van der Waals surface area contributed by atoms with Crippen LogP contribution in [0.25, 0.3) is 11.3 Å². The lowest BCUT2D eigenvalue weighted by atomic mass is 9.95. The Hall–Kier alpha value is -2.21. The van der Waals surface area contributed by atoms with Crippen LogP contribution in [0.15, 0.2) is 30.5 Å². The molecular weight excluding hydrogens is 292 g/mol. The molecule has 0 bridgehead atoms. The molecule has 1 saturated carbocycles. The highest BCUT2D eigenvalue weighted by atomic mass is 16.6. The molecule has 1 aliphatic rings. The first-order valence-electron chi connectivity index (χ1n) is 8.14. The van der Waals surface area contributed by atoms with Gasteiger partial charge < -0.3 is 5.32 Å². The normalized spacial score (nSPS) is 15.7. The Bertz CT molecular complexity index is 672. The highest BCUT2D eigenvalue weighted by Gasteiger charge is 2.16. The van der Waals surface area contributed by atoms with Gasteiger partial charge in [0.15, 0.2) is 0 Å². The van der Waals surface area contributed by atoms with Gasteiger partial charge in [0, 0.05) is 49.1 Å². The number of aromatic nitrogens is 2. The summed E-state index contributed by atoms with van der Waals surface area (Å²) in [4.78, 5) is 10.4. The minimum absolute atomic E-state index is 0.103. The van der Waals surface area contributed by atoms with Crippen molar-refractivity contribution in [3.05, 3.63) is 46.1 Å². The van der Waals surface area contributed by atoms with Crippen molar-refractivity contribution in [1.82, 2.24) is 15.1 Å². The van der Waals surface area contributed by atoms with E-state index < -0.39 is 0 Å². The zero-order valence-corrected chi connectivity index (χ0v) is 13.4. The van der Waals surface area contributed by atoms with Crippen LogP contribution in [0, 0.1) is 10.1 Å². The standard InChI is InChI=1S/C17H22N4O2/c1-20-12-14(11-18-15-5-3-2-4-6-15)17(19-20)13-7-9-16(10-8-13)21(22)23/h7-10,12,15,18H,2-6,11H2,1H3. The number of rotatable bonds is 5. The maximum absolute atomic E-state index is 10.8. The van der Waals surface area contributed by atoms with Gasteiger partial charge in [-0.2, -0.15) is 5.10 Å². The average molecular weight is 314 g/mol. The Labute approximate surface area is 135 Å². The van der Waals surface area contributed by atoms with Crippen LogP contribution in [0.3, 0.4) is 0 Å². The van der Waals surface area contributed by atoms with Crippen LogP contribution in [0.5, 0.6) is 0 Å². The summed E-state index contributed by atoms with van der Waals surface area (Å²) in [5.41, 5.74) is 3.04. The van der Waals surface area contributed by atoms with Crippen LogP contribution in [-0.4, -0.2) is 20.7 Å². The summed E-state index contributed by atoms with van der Waals surface area (Å²) >= 11 is 0. The van der Waals surface area contributed by atoms with E-state index >= 15 is 0 Å². The van der Waals surface area contributed by atoms with E-state index in [1.807, 2.05) is 13.2 Å². The molecule has 0 amide bonds. The van der Waals surface area contributed by atoms with E-state index in [1.54, 1.807) is 16.8 Å². The van der Waals surface area contributed by atoms with Crippen molar-refractivity contribution in [1.29, 1.82) is 0 Å². The topological polar surface area (TPSA) is 73.0 Å². The number of hydrogen-bond donors (Lipinski definition) is 1. The van der Waals surface area contributed by atoms with E-state index in [0.29, 0.717) is 6.04 Å². The monoisotopic (exact) mass is 314 g/mol. The fourth-order valence-corrected chi connectivity index (χ4v) is 3.21. The fourth-order valence-electron chi connectivity index (χ4n) is 3.21. The van der Waals surface area contributed by atoms with Gasteiger partial charge >= 0.3 is 0 Å². The summed E-state index contributed by atoms with van der Waals surface area (Å²) in [6, 6.07) is 7.19. The molecular formula is C17H22N4O2. The number of nitro groups is 1. The van der Waals surface area contributed by atoms with E-state index in [9.17, 15) is 10.1 Å². The lowest BCUT2D eigenvalue weighted by Gasteiger charge is -2.22. The molecule has 1 N–H and O–H groups in total. The van der Waals surface area contributed by atoms with E-state index in [0.717, 1.165) is 23.4 Å². The van der Waals surface area contributed by atoms with Gasteiger partial charge in [-0.3, -0.25) is 14.8 Å². The van der Waals surface area contributed by atoms with Crippen LogP contribution < -0.4 is 5.32 Å². The lowest BCUT2D eigenvalue weighted by Crippen LogP contribution is -2.30. The molecule has 0 radical (unpaired) electrons. The lowest BCUT2D eigenvalue weighted by molar-refractivity contribution is -0.384. The molecule has 0 atom stereocenters. The summed E-state index contributed by atoms with van der Waals surface area (Å²) < 4.78 is 1.80. The van der Waals surface area contributed by atoms with Gasteiger partial charge in [-0.15, -0.1) is 0 Å². The van der Waals surface area contributed by atoms with Gasteiger partial charge in [0.1, 0.15) is 0 Å². The molecule has 2 aromatic rings. The largest absolute Gasteiger partial charge is 0.310 e. The molecule has 0 aliphatic heterocycles. The third-order valence-corrected chi connectivity index (χ3v) is 4.44. The molecule has 1 heterocycles. The maximum atomic E-state index is 10.8. The summed E-state index contributed by atoms with van der Waals surface area (Å²) in [6.45, 7) is 0.783. The van der Waals surface area contributed by atoms with E-state index in [2.05, 4.69) is 10.4 Å². The van der Waals surface area contributed by atoms with E-state index in [-0.39, 0.29) is 10.6 Å². The molecule has 6 heteroatoms. The van der Waals surface area contributed by atoms with Crippen molar-refractivity contribution in [2.75, 3.05) is 0 Å². The zero-order chi connectivity index (χ0) is 16.2. The van der Waals surface area contributed by atoms with Crippen molar-refractivity contribution in [2.24, 2.45) is 7.05 Å². The molecule has 1 aliphatic carbocycles. The molecule has 1 aromatic carbocycles. The molecule has 0 spiro atoms. The fraction of sp³-hybridized carbons (Fsp3) is 0.471. The van der Waals surface area contributed by atoms with Gasteiger partial charge in [-0.1, -0.05) is 19.3 Å². The number of hydrogen-bond acceptors (Lipinski definition) is 4. The van der Waals surface area contributed by atoms with Crippen molar-refractivity contribution in [2.45, 2.75) is 44.7 Å². The summed E-state index contributed by atoms with van der Waals surface area (Å²) in [5, 5.41) is 18.9. The molecule has 1 aromatic heterocycles. The zero-order valence-electron chi connectivity index (χ0n) is 13.4. The second kappa shape index (κ2) is 6.91. The van der Waals surface area contributed by atoms with E-state index in [4.69, 9.17) is 0 Å². The average Bonchev–Trinajstić information content (AvgIpc) is 2.95. The van der Waals surface area contributed by atoms with Gasteiger partial charge in [0.2, 0.25) is 0 Å². The van der Waals surface area contributed by atoms with Gasteiger partial charge in [-0.05, 0) is 25.0 Å². The summed E-state index contributed by atoms with van der Waals surface area (Å²) in [7, 11) is 1.90. The van der Waals surface area contributed by atoms with Crippen LogP contribution in [0.4, 0.5) is 5.69 Å².